The number of amides is 1. The molecule has 18 heavy (non-hydrogen) atoms. The summed E-state index contributed by atoms with van der Waals surface area (Å²) in [5, 5.41) is 8.95. The molecule has 100 valence electrons. The Labute approximate surface area is 117 Å². The number of hydrogen-bond donors (Lipinski definition) is 1. The van der Waals surface area contributed by atoms with Gasteiger partial charge in [0.25, 0.3) is 5.91 Å². The van der Waals surface area contributed by atoms with E-state index in [1.807, 2.05) is 17.9 Å². The molecule has 0 fully saturated rings. The van der Waals surface area contributed by atoms with Crippen LogP contribution in [0, 0.1) is 0 Å². The van der Waals surface area contributed by atoms with E-state index in [1.165, 1.54) is 6.08 Å². The van der Waals surface area contributed by atoms with Gasteiger partial charge >= 0.3 is 5.97 Å². The number of carboxylic acids is 1. The summed E-state index contributed by atoms with van der Waals surface area (Å²) in [6.45, 7) is 5.51. The fourth-order valence-corrected chi connectivity index (χ4v) is 3.50. The Morgan fingerprint density at radius 1 is 1.22 bits per heavy atom. The summed E-state index contributed by atoms with van der Waals surface area (Å²) >= 11 is -0.462. The molecule has 1 N–H and O–H groups in total. The molecule has 0 bridgehead atoms. The molecule has 0 spiro atoms. The summed E-state index contributed by atoms with van der Waals surface area (Å²) in [4.78, 5) is 25.0. The third-order valence-electron chi connectivity index (χ3n) is 2.44. The zero-order valence-corrected chi connectivity index (χ0v) is 12.8. The molecule has 1 rings (SSSR count). The molecule has 0 unspecified atom stereocenters. The van der Waals surface area contributed by atoms with Gasteiger partial charge in [-0.15, -0.1) is 0 Å². The van der Waals surface area contributed by atoms with Crippen LogP contribution in [0.3, 0.4) is 0 Å². The second-order valence-corrected chi connectivity index (χ2v) is 5.96. The van der Waals surface area contributed by atoms with Gasteiger partial charge in [-0.25, -0.2) is 4.79 Å². The molecule has 0 radical (unpaired) electrons. The molecule has 5 heteroatoms. The SMILES string of the molecule is CCCN(CCC)C(=O)C1=CI=CC(C(=O)O)=C1. The van der Waals surface area contributed by atoms with Gasteiger partial charge in [-0.05, 0) is 27.0 Å². The molecule has 1 aliphatic heterocycles. The molecule has 0 saturated carbocycles. The first kappa shape index (κ1) is 15.1. The number of carboxylic acid groups (broad SMARTS) is 1. The summed E-state index contributed by atoms with van der Waals surface area (Å²) in [6, 6.07) is 0. The highest BCUT2D eigenvalue weighted by Gasteiger charge is 2.18. The van der Waals surface area contributed by atoms with Gasteiger partial charge in [0.2, 0.25) is 0 Å². The maximum Gasteiger partial charge on any atom is 0.336 e. The Kier molecular flexibility index (Phi) is 6.24. The van der Waals surface area contributed by atoms with E-state index in [9.17, 15) is 9.59 Å². The van der Waals surface area contributed by atoms with Gasteiger partial charge in [-0.1, -0.05) is 34.6 Å². The first-order valence-electron chi connectivity index (χ1n) is 5.99. The fraction of sp³-hybridized carbons (Fsp3) is 0.462. The lowest BCUT2D eigenvalue weighted by Gasteiger charge is -2.22. The summed E-state index contributed by atoms with van der Waals surface area (Å²) in [6.07, 6.45) is 3.32. The lowest BCUT2D eigenvalue weighted by Crippen LogP contribution is -2.33. The van der Waals surface area contributed by atoms with E-state index >= 15 is 0 Å². The van der Waals surface area contributed by atoms with Crippen molar-refractivity contribution < 1.29 is 14.7 Å². The van der Waals surface area contributed by atoms with Crippen LogP contribution in [0.25, 0.3) is 0 Å². The van der Waals surface area contributed by atoms with E-state index in [-0.39, 0.29) is 11.5 Å². The van der Waals surface area contributed by atoms with Crippen LogP contribution in [0.1, 0.15) is 26.7 Å². The van der Waals surface area contributed by atoms with Crippen molar-refractivity contribution in [3.05, 3.63) is 21.3 Å². The summed E-state index contributed by atoms with van der Waals surface area (Å²) in [5.74, 6) is -0.990. The first-order valence-corrected chi connectivity index (χ1v) is 8.48. The molecule has 0 atom stereocenters. The van der Waals surface area contributed by atoms with Crippen LogP contribution in [0.15, 0.2) is 21.3 Å². The van der Waals surface area contributed by atoms with E-state index in [0.717, 1.165) is 25.9 Å². The number of nitrogens with zero attached hydrogens (tertiary/aromatic N) is 1. The normalized spacial score (nSPS) is 14.3. The molecule has 0 saturated heterocycles. The van der Waals surface area contributed by atoms with Crippen LogP contribution in [-0.4, -0.2) is 39.0 Å². The van der Waals surface area contributed by atoms with E-state index in [4.69, 9.17) is 5.11 Å². The quantitative estimate of drug-likeness (QED) is 0.737. The number of hydrogen-bond acceptors (Lipinski definition) is 2. The van der Waals surface area contributed by atoms with Crippen molar-refractivity contribution >= 4 is 36.6 Å². The highest BCUT2D eigenvalue weighted by molar-refractivity contribution is 14.2. The molecule has 1 amide bonds. The summed E-state index contributed by atoms with van der Waals surface area (Å²) in [5.41, 5.74) is 0.797. The molecule has 1 heterocycles. The maximum absolute atomic E-state index is 12.3. The predicted octanol–water partition coefficient (Wildman–Crippen LogP) is 2.32. The number of rotatable bonds is 6. The standard InChI is InChI=1S/C13H18INO3/c1-3-5-15(6-4-2)12(16)10-7-11(13(17)18)9-14-8-10/h7-9H,3-6H2,1-2H3,(H,17,18). The summed E-state index contributed by atoms with van der Waals surface area (Å²) < 4.78 is 3.62. The van der Waals surface area contributed by atoms with Crippen LogP contribution in [0.5, 0.6) is 0 Å². The van der Waals surface area contributed by atoms with Crippen molar-refractivity contribution in [2.24, 2.45) is 0 Å². The van der Waals surface area contributed by atoms with Gasteiger partial charge in [0.05, 0.1) is 5.57 Å². The Balaban J connectivity index is 2.86. The van der Waals surface area contributed by atoms with Gasteiger partial charge in [-0.3, -0.25) is 4.79 Å². The van der Waals surface area contributed by atoms with Gasteiger partial charge in [-0.2, -0.15) is 0 Å². The highest BCUT2D eigenvalue weighted by Crippen LogP contribution is 2.18. The van der Waals surface area contributed by atoms with E-state index in [2.05, 4.69) is 0 Å². The zero-order chi connectivity index (χ0) is 13.5. The number of carbonyl (C=O) groups excluding carboxylic acids is 1. The molecule has 1 aliphatic rings. The fourth-order valence-electron chi connectivity index (χ4n) is 1.65. The predicted molar refractivity (Wildman–Crippen MR) is 81.0 cm³/mol. The van der Waals surface area contributed by atoms with Crippen LogP contribution in [0.2, 0.25) is 0 Å². The highest BCUT2D eigenvalue weighted by atomic mass is 127. The second kappa shape index (κ2) is 7.45. The van der Waals surface area contributed by atoms with Crippen LogP contribution in [0.4, 0.5) is 0 Å². The van der Waals surface area contributed by atoms with Crippen molar-refractivity contribution in [1.82, 2.24) is 4.90 Å². The number of carbonyl (C=O) groups is 2. The Morgan fingerprint density at radius 3 is 2.33 bits per heavy atom. The zero-order valence-electron chi connectivity index (χ0n) is 10.6. The van der Waals surface area contributed by atoms with E-state index < -0.39 is 26.7 Å². The van der Waals surface area contributed by atoms with Gasteiger partial charge in [0, 0.05) is 18.7 Å². The van der Waals surface area contributed by atoms with Crippen LogP contribution >= 0.6 is 20.7 Å². The first-order chi connectivity index (χ1) is 8.60. The largest absolute Gasteiger partial charge is 0.478 e. The molecule has 4 nitrogen and oxygen atoms in total. The third kappa shape index (κ3) is 4.04. The molecule has 0 aromatic rings. The monoisotopic (exact) mass is 363 g/mol. The lowest BCUT2D eigenvalue weighted by atomic mass is 10.1. The second-order valence-electron chi connectivity index (χ2n) is 4.00. The Hall–Kier alpha value is -0.980. The lowest BCUT2D eigenvalue weighted by molar-refractivity contribution is -0.132. The van der Waals surface area contributed by atoms with Gasteiger partial charge in [0.15, 0.2) is 0 Å². The molecular weight excluding hydrogens is 345 g/mol. The van der Waals surface area contributed by atoms with Crippen molar-refractivity contribution in [2.75, 3.05) is 13.1 Å². The average molecular weight is 363 g/mol. The van der Waals surface area contributed by atoms with Gasteiger partial charge < -0.3 is 10.0 Å². The maximum atomic E-state index is 12.3. The average Bonchev–Trinajstić information content (AvgIpc) is 2.38. The molecule has 0 aromatic carbocycles. The minimum atomic E-state index is -0.953. The van der Waals surface area contributed by atoms with E-state index in [0.29, 0.717) is 5.57 Å². The number of aliphatic carboxylic acids is 1. The van der Waals surface area contributed by atoms with Crippen molar-refractivity contribution in [3.63, 3.8) is 0 Å². The Morgan fingerprint density at radius 2 is 1.83 bits per heavy atom. The third-order valence-corrected chi connectivity index (χ3v) is 4.50. The van der Waals surface area contributed by atoms with Crippen molar-refractivity contribution in [2.45, 2.75) is 26.7 Å². The van der Waals surface area contributed by atoms with E-state index in [1.54, 1.807) is 8.91 Å². The van der Waals surface area contributed by atoms with Crippen LogP contribution < -0.4 is 0 Å². The Bertz CT molecular complexity index is 418. The van der Waals surface area contributed by atoms with Crippen molar-refractivity contribution in [3.8, 4) is 0 Å². The van der Waals surface area contributed by atoms with Crippen LogP contribution in [-0.2, 0) is 9.59 Å². The number of halogens is 1. The molecule has 0 aromatic heterocycles. The molecular formula is C13H18INO3. The topological polar surface area (TPSA) is 57.6 Å². The van der Waals surface area contributed by atoms with Crippen molar-refractivity contribution in [1.29, 1.82) is 0 Å². The minimum absolute atomic E-state index is 0.0368. The minimum Gasteiger partial charge on any atom is -0.478 e. The molecule has 0 aliphatic carbocycles. The summed E-state index contributed by atoms with van der Waals surface area (Å²) in [7, 11) is 0. The van der Waals surface area contributed by atoms with Gasteiger partial charge in [0.1, 0.15) is 0 Å². The smallest absolute Gasteiger partial charge is 0.336 e.